The number of hydrogen-bond donors (Lipinski definition) is 1. The molecule has 22 heavy (non-hydrogen) atoms. The zero-order valence-corrected chi connectivity index (χ0v) is 13.1. The van der Waals surface area contributed by atoms with Crippen molar-refractivity contribution in [2.45, 2.75) is 33.9 Å². The molecule has 0 radical (unpaired) electrons. The maximum Gasteiger partial charge on any atom is 0.251 e. The fourth-order valence-corrected chi connectivity index (χ4v) is 2.88. The predicted molar refractivity (Wildman–Crippen MR) is 87.0 cm³/mol. The van der Waals surface area contributed by atoms with E-state index in [0.717, 1.165) is 17.7 Å². The number of aromatic nitrogens is 1. The van der Waals surface area contributed by atoms with Gasteiger partial charge in [-0.1, -0.05) is 0 Å². The molecule has 0 aliphatic heterocycles. The smallest absolute Gasteiger partial charge is 0.251 e. The highest BCUT2D eigenvalue weighted by Gasteiger charge is 2.13. The summed E-state index contributed by atoms with van der Waals surface area (Å²) in [6.07, 6.45) is 1.60. The monoisotopic (exact) mass is 296 g/mol. The fraction of sp³-hybridized carbons (Fsp3) is 0.278. The maximum absolute atomic E-state index is 12.3. The van der Waals surface area contributed by atoms with Crippen LogP contribution in [0.4, 0.5) is 0 Å². The first kappa shape index (κ1) is 14.4. The van der Waals surface area contributed by atoms with E-state index in [9.17, 15) is 4.79 Å². The molecule has 1 amide bonds. The van der Waals surface area contributed by atoms with E-state index in [2.05, 4.69) is 30.7 Å². The number of rotatable bonds is 4. The van der Waals surface area contributed by atoms with Crippen LogP contribution in [-0.4, -0.2) is 10.5 Å². The second-order valence-corrected chi connectivity index (χ2v) is 5.45. The van der Waals surface area contributed by atoms with Crippen molar-refractivity contribution in [3.05, 3.63) is 59.2 Å². The van der Waals surface area contributed by atoms with Crippen molar-refractivity contribution in [2.75, 3.05) is 0 Å². The van der Waals surface area contributed by atoms with Crippen molar-refractivity contribution >= 4 is 16.8 Å². The average molecular weight is 296 g/mol. The van der Waals surface area contributed by atoms with E-state index >= 15 is 0 Å². The van der Waals surface area contributed by atoms with E-state index in [1.807, 2.05) is 30.3 Å². The third-order valence-electron chi connectivity index (χ3n) is 4.22. The molecular formula is C18H20N2O2. The Hall–Kier alpha value is -2.49. The summed E-state index contributed by atoms with van der Waals surface area (Å²) in [5.41, 5.74) is 4.35. The molecule has 0 bridgehead atoms. The van der Waals surface area contributed by atoms with Gasteiger partial charge in [-0.3, -0.25) is 4.79 Å². The van der Waals surface area contributed by atoms with Gasteiger partial charge in [-0.25, -0.2) is 0 Å². The Morgan fingerprint density at radius 3 is 2.77 bits per heavy atom. The number of amides is 1. The average Bonchev–Trinajstić information content (AvgIpc) is 3.13. The van der Waals surface area contributed by atoms with Crippen molar-refractivity contribution in [3.8, 4) is 0 Å². The third-order valence-corrected chi connectivity index (χ3v) is 4.22. The number of nitrogens with one attached hydrogen (secondary N) is 1. The van der Waals surface area contributed by atoms with Crippen molar-refractivity contribution in [1.29, 1.82) is 0 Å². The van der Waals surface area contributed by atoms with Crippen molar-refractivity contribution in [3.63, 3.8) is 0 Å². The number of fused-ring (bicyclic) bond motifs is 1. The van der Waals surface area contributed by atoms with Crippen LogP contribution < -0.4 is 5.32 Å². The molecule has 0 fully saturated rings. The van der Waals surface area contributed by atoms with Gasteiger partial charge in [0, 0.05) is 28.7 Å². The quantitative estimate of drug-likeness (QED) is 0.796. The van der Waals surface area contributed by atoms with Crippen molar-refractivity contribution < 1.29 is 9.21 Å². The molecule has 4 heteroatoms. The van der Waals surface area contributed by atoms with Crippen LogP contribution in [0.5, 0.6) is 0 Å². The van der Waals surface area contributed by atoms with Gasteiger partial charge in [0.05, 0.1) is 12.8 Å². The van der Waals surface area contributed by atoms with Gasteiger partial charge in [0.1, 0.15) is 5.76 Å². The highest BCUT2D eigenvalue weighted by Crippen LogP contribution is 2.26. The normalized spacial score (nSPS) is 11.0. The summed E-state index contributed by atoms with van der Waals surface area (Å²) < 4.78 is 7.50. The molecule has 0 saturated heterocycles. The van der Waals surface area contributed by atoms with E-state index in [1.165, 1.54) is 16.8 Å². The minimum atomic E-state index is -0.0837. The van der Waals surface area contributed by atoms with E-state index in [-0.39, 0.29) is 5.91 Å². The summed E-state index contributed by atoms with van der Waals surface area (Å²) in [7, 11) is 0. The Bertz CT molecular complexity index is 813. The first-order valence-corrected chi connectivity index (χ1v) is 7.51. The zero-order valence-electron chi connectivity index (χ0n) is 13.1. The third kappa shape index (κ3) is 2.41. The van der Waals surface area contributed by atoms with E-state index in [1.54, 1.807) is 6.26 Å². The van der Waals surface area contributed by atoms with Crippen molar-refractivity contribution in [1.82, 2.24) is 9.88 Å². The summed E-state index contributed by atoms with van der Waals surface area (Å²) in [5.74, 6) is 0.665. The van der Waals surface area contributed by atoms with Crippen LogP contribution in [0.2, 0.25) is 0 Å². The van der Waals surface area contributed by atoms with E-state index in [4.69, 9.17) is 4.42 Å². The molecule has 114 valence electrons. The standard InChI is InChI=1S/C18H20N2O2/c1-4-20-13(3)12(2)16-10-14(7-8-17(16)20)18(21)19-11-15-6-5-9-22-15/h5-10H,4,11H2,1-3H3,(H,19,21). The summed E-state index contributed by atoms with van der Waals surface area (Å²) >= 11 is 0. The number of nitrogens with zero attached hydrogens (tertiary/aromatic N) is 1. The van der Waals surface area contributed by atoms with Gasteiger partial charge >= 0.3 is 0 Å². The summed E-state index contributed by atoms with van der Waals surface area (Å²) in [4.78, 5) is 12.3. The Labute approximate surface area is 129 Å². The van der Waals surface area contributed by atoms with E-state index in [0.29, 0.717) is 12.1 Å². The number of carbonyl (C=O) groups excluding carboxylic acids is 1. The second kappa shape index (κ2) is 5.72. The van der Waals surface area contributed by atoms with Gasteiger partial charge in [-0.05, 0) is 56.7 Å². The minimum absolute atomic E-state index is 0.0837. The largest absolute Gasteiger partial charge is 0.467 e. The van der Waals surface area contributed by atoms with Gasteiger partial charge in [0.15, 0.2) is 0 Å². The molecule has 3 aromatic rings. The topological polar surface area (TPSA) is 47.2 Å². The Morgan fingerprint density at radius 1 is 1.27 bits per heavy atom. The number of furan rings is 1. The molecule has 0 unspecified atom stereocenters. The second-order valence-electron chi connectivity index (χ2n) is 5.45. The van der Waals surface area contributed by atoms with Gasteiger partial charge in [-0.2, -0.15) is 0 Å². The molecule has 0 spiro atoms. The molecular weight excluding hydrogens is 276 g/mol. The zero-order chi connectivity index (χ0) is 15.7. The van der Waals surface area contributed by atoms with Crippen molar-refractivity contribution in [2.24, 2.45) is 0 Å². The molecule has 4 nitrogen and oxygen atoms in total. The molecule has 1 aromatic carbocycles. The Kier molecular flexibility index (Phi) is 3.75. The predicted octanol–water partition coefficient (Wildman–Crippen LogP) is 3.80. The van der Waals surface area contributed by atoms with Gasteiger partial charge in [0.2, 0.25) is 0 Å². The summed E-state index contributed by atoms with van der Waals surface area (Å²) in [5, 5.41) is 4.02. The van der Waals surface area contributed by atoms with E-state index < -0.39 is 0 Å². The van der Waals surface area contributed by atoms with Gasteiger partial charge in [-0.15, -0.1) is 0 Å². The fourth-order valence-electron chi connectivity index (χ4n) is 2.88. The molecule has 1 N–H and O–H groups in total. The molecule has 0 aliphatic rings. The first-order chi connectivity index (χ1) is 10.6. The lowest BCUT2D eigenvalue weighted by Gasteiger charge is -2.06. The maximum atomic E-state index is 12.3. The highest BCUT2D eigenvalue weighted by atomic mass is 16.3. The first-order valence-electron chi connectivity index (χ1n) is 7.51. The lowest BCUT2D eigenvalue weighted by Crippen LogP contribution is -2.22. The Morgan fingerprint density at radius 2 is 2.09 bits per heavy atom. The number of aryl methyl sites for hydroxylation is 2. The highest BCUT2D eigenvalue weighted by molar-refractivity contribution is 5.99. The lowest BCUT2D eigenvalue weighted by atomic mass is 10.1. The van der Waals surface area contributed by atoms with Crippen LogP contribution in [0.25, 0.3) is 10.9 Å². The molecule has 0 saturated carbocycles. The molecule has 2 aromatic heterocycles. The van der Waals surface area contributed by atoms with Crippen LogP contribution in [-0.2, 0) is 13.1 Å². The SMILES string of the molecule is CCn1c(C)c(C)c2cc(C(=O)NCc3ccco3)ccc21. The number of carbonyl (C=O) groups is 1. The number of benzene rings is 1. The van der Waals surface area contributed by atoms with Gasteiger partial charge < -0.3 is 14.3 Å². The van der Waals surface area contributed by atoms with Crippen LogP contribution in [0.3, 0.4) is 0 Å². The molecule has 0 aliphatic carbocycles. The van der Waals surface area contributed by atoms with Crippen LogP contribution >= 0.6 is 0 Å². The molecule has 3 rings (SSSR count). The Balaban J connectivity index is 1.88. The molecule has 2 heterocycles. The summed E-state index contributed by atoms with van der Waals surface area (Å²) in [6, 6.07) is 9.54. The number of hydrogen-bond acceptors (Lipinski definition) is 2. The van der Waals surface area contributed by atoms with Crippen LogP contribution in [0, 0.1) is 13.8 Å². The van der Waals surface area contributed by atoms with Crippen LogP contribution in [0.1, 0.15) is 34.3 Å². The van der Waals surface area contributed by atoms with Gasteiger partial charge in [0.25, 0.3) is 5.91 Å². The molecule has 0 atom stereocenters. The lowest BCUT2D eigenvalue weighted by molar-refractivity contribution is 0.0948. The van der Waals surface area contributed by atoms with Crippen LogP contribution in [0.15, 0.2) is 41.0 Å². The minimum Gasteiger partial charge on any atom is -0.467 e. The summed E-state index contributed by atoms with van der Waals surface area (Å²) in [6.45, 7) is 7.69.